The largest absolute Gasteiger partial charge is 0.477 e. The second-order valence-corrected chi connectivity index (χ2v) is 6.50. The molecule has 0 radical (unpaired) electrons. The van der Waals surface area contributed by atoms with Crippen LogP contribution in [0.15, 0.2) is 6.07 Å². The van der Waals surface area contributed by atoms with Crippen LogP contribution in [0.2, 0.25) is 0 Å². The third-order valence-corrected chi connectivity index (χ3v) is 3.99. The molecule has 0 fully saturated rings. The molecule has 1 unspecified atom stereocenters. The van der Waals surface area contributed by atoms with Crippen molar-refractivity contribution in [2.75, 3.05) is 6.54 Å². The van der Waals surface area contributed by atoms with Crippen LogP contribution < -0.4 is 10.6 Å². The van der Waals surface area contributed by atoms with Crippen LogP contribution in [0.4, 0.5) is 0 Å². The fourth-order valence-corrected chi connectivity index (χ4v) is 2.49. The molecule has 0 aliphatic carbocycles. The maximum atomic E-state index is 11.8. The van der Waals surface area contributed by atoms with Crippen LogP contribution in [-0.2, 0) is 11.3 Å². The second kappa shape index (κ2) is 7.40. The zero-order valence-corrected chi connectivity index (χ0v) is 13.1. The van der Waals surface area contributed by atoms with Gasteiger partial charge in [0, 0.05) is 18.0 Å². The molecule has 1 aromatic heterocycles. The lowest BCUT2D eigenvalue weighted by Gasteiger charge is -2.15. The van der Waals surface area contributed by atoms with Crippen molar-refractivity contribution >= 4 is 23.2 Å². The maximum Gasteiger partial charge on any atom is 0.345 e. The number of aromatic carboxylic acids is 1. The van der Waals surface area contributed by atoms with E-state index in [1.165, 1.54) is 11.3 Å². The monoisotopic (exact) mass is 298 g/mol. The van der Waals surface area contributed by atoms with E-state index < -0.39 is 5.97 Å². The van der Waals surface area contributed by atoms with E-state index in [0.29, 0.717) is 23.9 Å². The molecule has 1 aromatic rings. The molecule has 20 heavy (non-hydrogen) atoms. The van der Waals surface area contributed by atoms with Crippen molar-refractivity contribution in [3.05, 3.63) is 21.4 Å². The number of carbonyl (C=O) groups is 2. The first-order valence-corrected chi connectivity index (χ1v) is 7.46. The minimum Gasteiger partial charge on any atom is -0.477 e. The summed E-state index contributed by atoms with van der Waals surface area (Å²) in [5.41, 5.74) is 0.927. The van der Waals surface area contributed by atoms with Gasteiger partial charge in [0.15, 0.2) is 0 Å². The Balaban J connectivity index is 2.50. The van der Waals surface area contributed by atoms with E-state index in [1.807, 2.05) is 20.8 Å². The Bertz CT molecular complexity index is 483. The number of thiophene rings is 1. The first-order valence-electron chi connectivity index (χ1n) is 6.65. The van der Waals surface area contributed by atoms with Gasteiger partial charge >= 0.3 is 5.97 Å². The van der Waals surface area contributed by atoms with Gasteiger partial charge in [-0.05, 0) is 31.4 Å². The number of rotatable bonds is 7. The van der Waals surface area contributed by atoms with Crippen molar-refractivity contribution in [1.82, 2.24) is 10.6 Å². The van der Waals surface area contributed by atoms with Crippen LogP contribution in [0.25, 0.3) is 0 Å². The summed E-state index contributed by atoms with van der Waals surface area (Å²) in [4.78, 5) is 24.0. The zero-order chi connectivity index (χ0) is 15.3. The predicted octanol–water partition coefficient (Wildman–Crippen LogP) is 2.01. The summed E-state index contributed by atoms with van der Waals surface area (Å²) in [6, 6.07) is 1.36. The number of amides is 1. The maximum absolute atomic E-state index is 11.8. The fraction of sp³-hybridized carbons (Fsp3) is 0.571. The number of hydrogen-bond acceptors (Lipinski definition) is 4. The second-order valence-electron chi connectivity index (χ2n) is 5.24. The number of carboxylic acids is 1. The van der Waals surface area contributed by atoms with E-state index in [1.54, 1.807) is 13.0 Å². The van der Waals surface area contributed by atoms with Gasteiger partial charge in [-0.2, -0.15) is 0 Å². The van der Waals surface area contributed by atoms with E-state index in [-0.39, 0.29) is 11.9 Å². The highest BCUT2D eigenvalue weighted by molar-refractivity contribution is 7.14. The molecule has 1 amide bonds. The summed E-state index contributed by atoms with van der Waals surface area (Å²) in [7, 11) is 0. The minimum absolute atomic E-state index is 0.0370. The van der Waals surface area contributed by atoms with E-state index in [4.69, 9.17) is 5.11 Å². The molecule has 0 aromatic carbocycles. The number of carboxylic acid groups (broad SMARTS) is 1. The third kappa shape index (κ3) is 4.94. The van der Waals surface area contributed by atoms with Crippen LogP contribution in [0.3, 0.4) is 0 Å². The minimum atomic E-state index is -0.910. The molecule has 3 N–H and O–H groups in total. The molecule has 1 rings (SSSR count). The van der Waals surface area contributed by atoms with Crippen LogP contribution in [0.5, 0.6) is 0 Å². The highest BCUT2D eigenvalue weighted by Gasteiger charge is 2.15. The van der Waals surface area contributed by atoms with Gasteiger partial charge in [-0.1, -0.05) is 13.8 Å². The Labute approximate surface area is 123 Å². The van der Waals surface area contributed by atoms with Crippen LogP contribution in [0, 0.1) is 12.8 Å². The smallest absolute Gasteiger partial charge is 0.345 e. The first kappa shape index (κ1) is 16.7. The summed E-state index contributed by atoms with van der Waals surface area (Å²) in [6.07, 6.45) is 0. The Morgan fingerprint density at radius 3 is 2.50 bits per heavy atom. The van der Waals surface area contributed by atoms with E-state index in [9.17, 15) is 9.59 Å². The summed E-state index contributed by atoms with van der Waals surface area (Å²) in [6.45, 7) is 8.92. The van der Waals surface area contributed by atoms with Gasteiger partial charge in [0.2, 0.25) is 5.91 Å². The zero-order valence-electron chi connectivity index (χ0n) is 12.3. The summed E-state index contributed by atoms with van der Waals surface area (Å²) < 4.78 is 0. The topological polar surface area (TPSA) is 78.4 Å². The van der Waals surface area contributed by atoms with Crippen molar-refractivity contribution in [2.24, 2.45) is 5.92 Å². The van der Waals surface area contributed by atoms with E-state index in [2.05, 4.69) is 10.6 Å². The molecular weight excluding hydrogens is 276 g/mol. The highest BCUT2D eigenvalue weighted by atomic mass is 32.1. The van der Waals surface area contributed by atoms with Crippen molar-refractivity contribution in [3.8, 4) is 0 Å². The Morgan fingerprint density at radius 1 is 1.35 bits per heavy atom. The lowest BCUT2D eigenvalue weighted by molar-refractivity contribution is -0.122. The van der Waals surface area contributed by atoms with Crippen molar-refractivity contribution in [1.29, 1.82) is 0 Å². The normalized spacial score (nSPS) is 12.4. The Kier molecular flexibility index (Phi) is 6.16. The quantitative estimate of drug-likeness (QED) is 0.719. The van der Waals surface area contributed by atoms with Gasteiger partial charge in [0.25, 0.3) is 0 Å². The average molecular weight is 298 g/mol. The first-order chi connectivity index (χ1) is 9.31. The van der Waals surface area contributed by atoms with Gasteiger partial charge in [-0.25, -0.2) is 4.79 Å². The summed E-state index contributed by atoms with van der Waals surface area (Å²) in [5.74, 6) is -0.527. The molecule has 6 heteroatoms. The SMILES string of the molecule is Cc1sc(C(=O)O)cc1CNC(C)C(=O)NCC(C)C. The van der Waals surface area contributed by atoms with E-state index >= 15 is 0 Å². The predicted molar refractivity (Wildman–Crippen MR) is 80.2 cm³/mol. The standard InChI is InChI=1S/C14H22N2O3S/c1-8(2)6-16-13(17)9(3)15-7-11-5-12(14(18)19)20-10(11)4/h5,8-9,15H,6-7H2,1-4H3,(H,16,17)(H,18,19). The molecule has 0 saturated heterocycles. The van der Waals surface area contributed by atoms with Gasteiger partial charge in [0.1, 0.15) is 4.88 Å². The number of nitrogens with one attached hydrogen (secondary N) is 2. The average Bonchev–Trinajstić information content (AvgIpc) is 2.74. The molecule has 0 spiro atoms. The lowest BCUT2D eigenvalue weighted by Crippen LogP contribution is -2.42. The Morgan fingerprint density at radius 2 is 2.00 bits per heavy atom. The van der Waals surface area contributed by atoms with Crippen molar-refractivity contribution in [2.45, 2.75) is 40.3 Å². The van der Waals surface area contributed by atoms with Gasteiger partial charge in [-0.3, -0.25) is 4.79 Å². The molecule has 1 heterocycles. The van der Waals surface area contributed by atoms with Crippen LogP contribution in [0.1, 0.15) is 40.9 Å². The summed E-state index contributed by atoms with van der Waals surface area (Å²) in [5, 5.41) is 14.9. The molecule has 0 bridgehead atoms. The van der Waals surface area contributed by atoms with Gasteiger partial charge in [-0.15, -0.1) is 11.3 Å². The third-order valence-electron chi connectivity index (χ3n) is 2.91. The molecule has 112 valence electrons. The molecular formula is C14H22N2O3S. The molecule has 0 aliphatic heterocycles. The molecule has 0 aliphatic rings. The molecule has 0 saturated carbocycles. The molecule has 5 nitrogen and oxygen atoms in total. The highest BCUT2D eigenvalue weighted by Crippen LogP contribution is 2.21. The Hall–Kier alpha value is -1.40. The number of aryl methyl sites for hydroxylation is 1. The number of carbonyl (C=O) groups excluding carboxylic acids is 1. The lowest BCUT2D eigenvalue weighted by atomic mass is 10.2. The van der Waals surface area contributed by atoms with Gasteiger partial charge < -0.3 is 15.7 Å². The van der Waals surface area contributed by atoms with Crippen LogP contribution >= 0.6 is 11.3 Å². The van der Waals surface area contributed by atoms with Gasteiger partial charge in [0.05, 0.1) is 6.04 Å². The summed E-state index contributed by atoms with van der Waals surface area (Å²) >= 11 is 1.26. The van der Waals surface area contributed by atoms with Crippen molar-refractivity contribution < 1.29 is 14.7 Å². The number of hydrogen-bond donors (Lipinski definition) is 3. The molecule has 1 atom stereocenters. The fourth-order valence-electron chi connectivity index (χ4n) is 1.61. The van der Waals surface area contributed by atoms with Crippen LogP contribution in [-0.4, -0.2) is 29.6 Å². The van der Waals surface area contributed by atoms with Crippen molar-refractivity contribution in [3.63, 3.8) is 0 Å². The van der Waals surface area contributed by atoms with E-state index in [0.717, 1.165) is 10.4 Å².